The van der Waals surface area contributed by atoms with E-state index in [0.717, 1.165) is 37.7 Å². The Bertz CT molecular complexity index is 1430. The number of nitrogens with one attached hydrogen (secondary N) is 1. The molecule has 1 aliphatic heterocycles. The lowest BCUT2D eigenvalue weighted by molar-refractivity contribution is -0.132. The number of hydrogen-bond donors (Lipinski definition) is 1. The molecule has 206 valence electrons. The predicted octanol–water partition coefficient (Wildman–Crippen LogP) is 5.88. The number of nitrogens with zero attached hydrogens (tertiary/aromatic N) is 4. The Labute approximate surface area is 232 Å². The number of rotatable bonds is 9. The van der Waals surface area contributed by atoms with Gasteiger partial charge in [-0.3, -0.25) is 14.5 Å². The van der Waals surface area contributed by atoms with Crippen LogP contribution in [0.4, 0.5) is 15.8 Å². The summed E-state index contributed by atoms with van der Waals surface area (Å²) in [6, 6.07) is 12.1. The Balaban J connectivity index is 1.46. The van der Waals surface area contributed by atoms with Gasteiger partial charge in [-0.25, -0.2) is 4.39 Å². The Morgan fingerprint density at radius 1 is 1.20 bits per heavy atom. The average Bonchev–Trinajstić information content (AvgIpc) is 3.60. The molecule has 1 N–H and O–H groups in total. The fourth-order valence-electron chi connectivity index (χ4n) is 5.56. The van der Waals surface area contributed by atoms with Crippen molar-refractivity contribution in [3.63, 3.8) is 0 Å². The van der Waals surface area contributed by atoms with E-state index in [1.165, 1.54) is 23.4 Å². The van der Waals surface area contributed by atoms with E-state index in [1.807, 2.05) is 36.1 Å². The Morgan fingerprint density at radius 3 is 2.62 bits per heavy atom. The van der Waals surface area contributed by atoms with Crippen molar-refractivity contribution in [1.82, 2.24) is 15.0 Å². The first-order valence-corrected chi connectivity index (χ1v) is 13.5. The lowest BCUT2D eigenvalue weighted by atomic mass is 9.94. The fraction of sp³-hybridized carbons (Fsp3) is 0.290. The van der Waals surface area contributed by atoms with Gasteiger partial charge < -0.3 is 14.7 Å². The molecule has 1 atom stereocenters. The van der Waals surface area contributed by atoms with Gasteiger partial charge in [-0.15, -0.1) is 0 Å². The topological polar surface area (TPSA) is 91.6 Å². The van der Waals surface area contributed by atoms with Crippen molar-refractivity contribution >= 4 is 23.2 Å². The van der Waals surface area contributed by atoms with E-state index in [2.05, 4.69) is 22.0 Å². The number of halogens is 1. The van der Waals surface area contributed by atoms with Crippen molar-refractivity contribution in [2.45, 2.75) is 51.1 Å². The number of aromatic nitrogens is 2. The molecule has 3 aromatic rings. The lowest BCUT2D eigenvalue weighted by Crippen LogP contribution is -2.51. The number of carbonyl (C=O) groups is 2. The number of amides is 2. The van der Waals surface area contributed by atoms with Crippen molar-refractivity contribution in [3.05, 3.63) is 96.8 Å². The van der Waals surface area contributed by atoms with Crippen LogP contribution in [0.3, 0.4) is 0 Å². The molecule has 9 heteroatoms. The first-order valence-electron chi connectivity index (χ1n) is 13.5. The molecule has 0 spiro atoms. The zero-order valence-electron chi connectivity index (χ0n) is 22.4. The van der Waals surface area contributed by atoms with Gasteiger partial charge in [0.05, 0.1) is 6.54 Å². The number of anilines is 2. The average molecular weight is 542 g/mol. The predicted molar refractivity (Wildman–Crippen MR) is 152 cm³/mol. The van der Waals surface area contributed by atoms with Gasteiger partial charge in [0.1, 0.15) is 11.9 Å². The third kappa shape index (κ3) is 5.45. The minimum atomic E-state index is -0.942. The van der Waals surface area contributed by atoms with Crippen molar-refractivity contribution in [3.8, 4) is 11.4 Å². The summed E-state index contributed by atoms with van der Waals surface area (Å²) in [6.45, 7) is 5.76. The first kappa shape index (κ1) is 27.1. The van der Waals surface area contributed by atoms with Crippen LogP contribution in [0.25, 0.3) is 11.4 Å². The van der Waals surface area contributed by atoms with E-state index >= 15 is 0 Å². The number of hydrogen-bond acceptors (Lipinski definition) is 6. The molecule has 0 bridgehead atoms. The Kier molecular flexibility index (Phi) is 8.19. The zero-order valence-corrected chi connectivity index (χ0v) is 22.4. The van der Waals surface area contributed by atoms with Gasteiger partial charge >= 0.3 is 0 Å². The van der Waals surface area contributed by atoms with Gasteiger partial charge in [0, 0.05) is 34.3 Å². The molecule has 40 heavy (non-hydrogen) atoms. The highest BCUT2D eigenvalue weighted by atomic mass is 19.1. The van der Waals surface area contributed by atoms with Crippen LogP contribution in [0.1, 0.15) is 39.0 Å². The fourth-order valence-corrected chi connectivity index (χ4v) is 5.56. The summed E-state index contributed by atoms with van der Waals surface area (Å²) in [5, 5.41) is 6.97. The molecule has 2 aliphatic rings. The monoisotopic (exact) mass is 541 g/mol. The maximum absolute atomic E-state index is 14.4. The summed E-state index contributed by atoms with van der Waals surface area (Å²) >= 11 is 0. The third-order valence-corrected chi connectivity index (χ3v) is 7.36. The van der Waals surface area contributed by atoms with Gasteiger partial charge in [-0.05, 0) is 68.3 Å². The van der Waals surface area contributed by atoms with Crippen molar-refractivity contribution in [2.75, 3.05) is 16.8 Å². The van der Waals surface area contributed by atoms with E-state index in [9.17, 15) is 14.0 Å². The quantitative estimate of drug-likeness (QED) is 0.364. The second kappa shape index (κ2) is 12.1. The second-order valence-electron chi connectivity index (χ2n) is 9.88. The van der Waals surface area contributed by atoms with E-state index in [1.54, 1.807) is 30.3 Å². The number of benzene rings is 2. The molecule has 1 unspecified atom stereocenters. The van der Waals surface area contributed by atoms with Crippen molar-refractivity contribution < 1.29 is 18.5 Å². The molecule has 1 aromatic heterocycles. The molecule has 8 nitrogen and oxygen atoms in total. The summed E-state index contributed by atoms with van der Waals surface area (Å²) < 4.78 is 19.2. The van der Waals surface area contributed by atoms with Crippen LogP contribution < -0.4 is 10.2 Å². The van der Waals surface area contributed by atoms with Crippen molar-refractivity contribution in [2.24, 2.45) is 0 Å². The van der Waals surface area contributed by atoms with Crippen LogP contribution in [0.15, 0.2) is 95.5 Å². The molecule has 0 radical (unpaired) electrons. The lowest BCUT2D eigenvalue weighted by Gasteiger charge is -2.34. The van der Waals surface area contributed by atoms with Crippen LogP contribution in [0, 0.1) is 5.82 Å². The second-order valence-corrected chi connectivity index (χ2v) is 9.88. The molecule has 2 amide bonds. The van der Waals surface area contributed by atoms with E-state index in [0.29, 0.717) is 28.5 Å². The zero-order chi connectivity index (χ0) is 28.1. The van der Waals surface area contributed by atoms with E-state index in [-0.39, 0.29) is 24.4 Å². The van der Waals surface area contributed by atoms with Crippen LogP contribution in [0.5, 0.6) is 0 Å². The molecule has 1 fully saturated rings. The van der Waals surface area contributed by atoms with Gasteiger partial charge in [0.25, 0.3) is 5.91 Å². The molecule has 2 heterocycles. The molecule has 5 rings (SSSR count). The summed E-state index contributed by atoms with van der Waals surface area (Å²) in [5.41, 5.74) is 3.16. The Hall–Kier alpha value is -4.53. The standard InChI is InChI=1S/C31H32FN5O3/c1-3-9-26-27(4-2)36(24-11-6-5-7-12-24)31(39)29(26)37(25-13-8-10-22(32)18-25)28(38)19-33-23-16-14-21(15-17-23)30-34-20-40-35-30/h3-4,8-10,13-18,20,24,29,33H,2,5-7,11-12,19H2,1H3/b9-3-. The summed E-state index contributed by atoms with van der Waals surface area (Å²) in [4.78, 5) is 35.3. The highest BCUT2D eigenvalue weighted by Crippen LogP contribution is 2.38. The highest BCUT2D eigenvalue weighted by molar-refractivity contribution is 6.06. The minimum absolute atomic E-state index is 0.0415. The van der Waals surface area contributed by atoms with Crippen LogP contribution in [-0.4, -0.2) is 45.5 Å². The van der Waals surface area contributed by atoms with Crippen LogP contribution in [-0.2, 0) is 9.59 Å². The molecule has 0 saturated heterocycles. The minimum Gasteiger partial charge on any atom is -0.376 e. The van der Waals surface area contributed by atoms with Crippen LogP contribution in [0.2, 0.25) is 0 Å². The molecule has 1 aliphatic carbocycles. The van der Waals surface area contributed by atoms with Crippen LogP contribution >= 0.6 is 0 Å². The SMILES string of the molecule is C=CC1=C(/C=C\C)C(N(C(=O)CNc2ccc(-c3ncon3)cc2)c2cccc(F)c2)C(=O)N1C1CCCCC1. The van der Waals surface area contributed by atoms with Gasteiger partial charge in [-0.2, -0.15) is 4.98 Å². The van der Waals surface area contributed by atoms with E-state index < -0.39 is 11.9 Å². The summed E-state index contributed by atoms with van der Waals surface area (Å²) in [7, 11) is 0. The summed E-state index contributed by atoms with van der Waals surface area (Å²) in [5.74, 6) is -0.599. The highest BCUT2D eigenvalue weighted by Gasteiger charge is 2.45. The largest absolute Gasteiger partial charge is 0.376 e. The first-order chi connectivity index (χ1) is 19.5. The van der Waals surface area contributed by atoms with E-state index in [4.69, 9.17) is 4.52 Å². The third-order valence-electron chi connectivity index (χ3n) is 7.36. The van der Waals surface area contributed by atoms with Gasteiger partial charge in [0.15, 0.2) is 0 Å². The maximum atomic E-state index is 14.4. The number of carbonyl (C=O) groups excluding carboxylic acids is 2. The molecular formula is C31H32FN5O3. The molecule has 2 aromatic carbocycles. The van der Waals surface area contributed by atoms with Gasteiger partial charge in [-0.1, -0.05) is 49.2 Å². The molecular weight excluding hydrogens is 509 g/mol. The Morgan fingerprint density at radius 2 is 1.98 bits per heavy atom. The van der Waals surface area contributed by atoms with Gasteiger partial charge in [0.2, 0.25) is 18.1 Å². The van der Waals surface area contributed by atoms with Crippen molar-refractivity contribution in [1.29, 1.82) is 0 Å². The summed E-state index contributed by atoms with van der Waals surface area (Å²) in [6.07, 6.45) is 11.7. The maximum Gasteiger partial charge on any atom is 0.255 e. The number of allylic oxidation sites excluding steroid dienone is 2. The molecule has 1 saturated carbocycles. The smallest absolute Gasteiger partial charge is 0.255 e. The normalized spacial score (nSPS) is 18.0.